The summed E-state index contributed by atoms with van der Waals surface area (Å²) in [5.41, 5.74) is 1.61. The van der Waals surface area contributed by atoms with Crippen LogP contribution < -0.4 is 0 Å². The van der Waals surface area contributed by atoms with Crippen molar-refractivity contribution in [3.05, 3.63) is 58.9 Å². The number of aryl methyl sites for hydroxylation is 1. The summed E-state index contributed by atoms with van der Waals surface area (Å²) in [5.74, 6) is -0.0178. The first kappa shape index (κ1) is 18.1. The molecular formula is C20H22ClN3O3. The first-order valence-corrected chi connectivity index (χ1v) is 9.47. The van der Waals surface area contributed by atoms with Crippen molar-refractivity contribution < 1.29 is 14.3 Å². The van der Waals surface area contributed by atoms with Gasteiger partial charge in [0.25, 0.3) is 5.91 Å². The van der Waals surface area contributed by atoms with Crippen molar-refractivity contribution in [2.24, 2.45) is 7.05 Å². The molecule has 7 heteroatoms. The number of hydrogen-bond acceptors (Lipinski definition) is 3. The number of amides is 2. The molecule has 4 rings (SSSR count). The van der Waals surface area contributed by atoms with E-state index in [1.165, 1.54) is 0 Å². The fourth-order valence-corrected chi connectivity index (χ4v) is 4.15. The van der Waals surface area contributed by atoms with Gasteiger partial charge in [0.15, 0.2) is 0 Å². The highest BCUT2D eigenvalue weighted by molar-refractivity contribution is 6.31. The second kappa shape index (κ2) is 7.37. The number of carbonyl (C=O) groups excluding carboxylic acids is 2. The Morgan fingerprint density at radius 3 is 2.74 bits per heavy atom. The third-order valence-corrected chi connectivity index (χ3v) is 5.49. The lowest BCUT2D eigenvalue weighted by atomic mass is 10.1. The zero-order valence-corrected chi connectivity index (χ0v) is 15.9. The van der Waals surface area contributed by atoms with Gasteiger partial charge in [-0.25, -0.2) is 0 Å². The lowest BCUT2D eigenvalue weighted by Gasteiger charge is -2.29. The number of aromatic nitrogens is 1. The maximum atomic E-state index is 12.9. The van der Waals surface area contributed by atoms with E-state index in [-0.39, 0.29) is 24.0 Å². The van der Waals surface area contributed by atoms with Gasteiger partial charge in [-0.3, -0.25) is 9.59 Å². The van der Waals surface area contributed by atoms with Gasteiger partial charge < -0.3 is 19.1 Å². The number of nitrogens with zero attached hydrogens (tertiary/aromatic N) is 3. The zero-order chi connectivity index (χ0) is 19.0. The summed E-state index contributed by atoms with van der Waals surface area (Å²) in [7, 11) is 1.80. The summed E-state index contributed by atoms with van der Waals surface area (Å²) in [5, 5.41) is 0.534. The Morgan fingerprint density at radius 2 is 2.04 bits per heavy atom. The molecule has 0 spiro atoms. The number of hydrogen-bond donors (Lipinski definition) is 0. The molecule has 1 aromatic carbocycles. The molecule has 2 fully saturated rings. The van der Waals surface area contributed by atoms with E-state index in [0.29, 0.717) is 43.4 Å². The van der Waals surface area contributed by atoms with E-state index in [0.717, 1.165) is 5.56 Å². The molecule has 3 heterocycles. The Bertz CT molecular complexity index is 851. The Balaban J connectivity index is 1.56. The molecule has 142 valence electrons. The molecule has 2 aromatic rings. The summed E-state index contributed by atoms with van der Waals surface area (Å²) in [4.78, 5) is 29.3. The molecule has 0 saturated carbocycles. The number of rotatable bonds is 3. The predicted octanol–water partition coefficient (Wildman–Crippen LogP) is 2.32. The lowest BCUT2D eigenvalue weighted by molar-refractivity contribution is -0.133. The van der Waals surface area contributed by atoms with Crippen LogP contribution in [0.5, 0.6) is 0 Å². The molecule has 2 saturated heterocycles. The van der Waals surface area contributed by atoms with Gasteiger partial charge in [-0.15, -0.1) is 0 Å². The third kappa shape index (κ3) is 3.59. The average molecular weight is 388 g/mol. The summed E-state index contributed by atoms with van der Waals surface area (Å²) in [6.45, 7) is 1.86. The molecule has 27 heavy (non-hydrogen) atoms. The first-order valence-electron chi connectivity index (χ1n) is 9.09. The molecule has 6 nitrogen and oxygen atoms in total. The average Bonchev–Trinajstić information content (AvgIpc) is 3.19. The van der Waals surface area contributed by atoms with E-state index < -0.39 is 0 Å². The molecule has 2 atom stereocenters. The van der Waals surface area contributed by atoms with Gasteiger partial charge in [0.1, 0.15) is 5.69 Å². The van der Waals surface area contributed by atoms with Crippen molar-refractivity contribution in [1.29, 1.82) is 0 Å². The van der Waals surface area contributed by atoms with Crippen LogP contribution in [0.1, 0.15) is 22.5 Å². The van der Waals surface area contributed by atoms with Gasteiger partial charge >= 0.3 is 0 Å². The highest BCUT2D eigenvalue weighted by atomic mass is 35.5. The largest absolute Gasteiger partial charge is 0.374 e. The number of ether oxygens (including phenoxy) is 1. The highest BCUT2D eigenvalue weighted by Gasteiger charge is 2.43. The van der Waals surface area contributed by atoms with E-state index in [9.17, 15) is 9.59 Å². The van der Waals surface area contributed by atoms with Gasteiger partial charge in [0.05, 0.1) is 30.2 Å². The second-order valence-electron chi connectivity index (χ2n) is 7.10. The molecule has 0 aliphatic carbocycles. The standard InChI is InChI=1S/C20H22ClN3O3/c1-22-11-15(21)9-16(22)20(26)23-12-17-18(13-23)27-8-7-19(25)24(17)10-14-5-3-2-4-6-14/h2-6,9,11,17-18H,7-8,10,12-13H2,1H3/t17-,18-/m0/s1. The van der Waals surface area contributed by atoms with Crippen LogP contribution in [0, 0.1) is 0 Å². The summed E-state index contributed by atoms with van der Waals surface area (Å²) in [6.07, 6.45) is 1.92. The fourth-order valence-electron chi connectivity index (χ4n) is 3.90. The van der Waals surface area contributed by atoms with E-state index >= 15 is 0 Å². The van der Waals surface area contributed by atoms with Crippen molar-refractivity contribution in [1.82, 2.24) is 14.4 Å². The van der Waals surface area contributed by atoms with Crippen molar-refractivity contribution in [2.45, 2.75) is 25.1 Å². The molecule has 1 aromatic heterocycles. The van der Waals surface area contributed by atoms with Crippen molar-refractivity contribution in [3.63, 3.8) is 0 Å². The van der Waals surface area contributed by atoms with Crippen LogP contribution >= 0.6 is 11.6 Å². The van der Waals surface area contributed by atoms with E-state index in [1.807, 2.05) is 35.2 Å². The number of halogens is 1. The summed E-state index contributed by atoms with van der Waals surface area (Å²) < 4.78 is 7.66. The molecular weight excluding hydrogens is 366 g/mol. The molecule has 0 N–H and O–H groups in total. The van der Waals surface area contributed by atoms with Crippen LogP contribution in [0.3, 0.4) is 0 Å². The maximum absolute atomic E-state index is 12.9. The van der Waals surface area contributed by atoms with E-state index in [1.54, 1.807) is 28.8 Å². The minimum Gasteiger partial charge on any atom is -0.374 e. The topological polar surface area (TPSA) is 54.8 Å². The van der Waals surface area contributed by atoms with Gasteiger partial charge in [-0.1, -0.05) is 41.9 Å². The summed E-state index contributed by atoms with van der Waals surface area (Å²) >= 11 is 6.02. The molecule has 2 aliphatic heterocycles. The van der Waals surface area contributed by atoms with Gasteiger partial charge in [-0.05, 0) is 11.6 Å². The second-order valence-corrected chi connectivity index (χ2v) is 7.53. The molecule has 2 amide bonds. The van der Waals surface area contributed by atoms with Crippen LogP contribution in [0.4, 0.5) is 0 Å². The van der Waals surface area contributed by atoms with Crippen molar-refractivity contribution in [2.75, 3.05) is 19.7 Å². The van der Waals surface area contributed by atoms with Crippen LogP contribution in [0.25, 0.3) is 0 Å². The minimum atomic E-state index is -0.167. The number of benzene rings is 1. The zero-order valence-electron chi connectivity index (χ0n) is 15.2. The summed E-state index contributed by atoms with van der Waals surface area (Å²) in [6, 6.07) is 11.5. The Hall–Kier alpha value is -2.31. The van der Waals surface area contributed by atoms with E-state index in [2.05, 4.69) is 0 Å². The number of likely N-dealkylation sites (tertiary alicyclic amines) is 1. The minimum absolute atomic E-state index is 0.0718. The van der Waals surface area contributed by atoms with Gasteiger partial charge in [0.2, 0.25) is 5.91 Å². The predicted molar refractivity (Wildman–Crippen MR) is 101 cm³/mol. The Labute approximate surface area is 163 Å². The lowest BCUT2D eigenvalue weighted by Crippen LogP contribution is -2.45. The van der Waals surface area contributed by atoms with Crippen LogP contribution in [0.15, 0.2) is 42.6 Å². The van der Waals surface area contributed by atoms with Crippen LogP contribution in [-0.2, 0) is 23.1 Å². The molecule has 0 unspecified atom stereocenters. The third-order valence-electron chi connectivity index (χ3n) is 5.28. The van der Waals surface area contributed by atoms with Crippen molar-refractivity contribution in [3.8, 4) is 0 Å². The first-order chi connectivity index (χ1) is 13.0. The van der Waals surface area contributed by atoms with Crippen molar-refractivity contribution >= 4 is 23.4 Å². The quantitative estimate of drug-likeness (QED) is 0.812. The van der Waals surface area contributed by atoms with Gasteiger partial charge in [0, 0.05) is 32.9 Å². The molecule has 0 bridgehead atoms. The Morgan fingerprint density at radius 1 is 1.26 bits per heavy atom. The normalized spacial score (nSPS) is 22.7. The smallest absolute Gasteiger partial charge is 0.270 e. The van der Waals surface area contributed by atoms with Crippen LogP contribution in [0.2, 0.25) is 5.02 Å². The SMILES string of the molecule is Cn1cc(Cl)cc1C(=O)N1C[C@@H]2OCCC(=O)N(Cc3ccccc3)[C@H]2C1. The van der Waals surface area contributed by atoms with Gasteiger partial charge in [-0.2, -0.15) is 0 Å². The molecule has 0 radical (unpaired) electrons. The van der Waals surface area contributed by atoms with Crippen LogP contribution in [-0.4, -0.2) is 58.0 Å². The molecule has 2 aliphatic rings. The number of carbonyl (C=O) groups is 2. The monoisotopic (exact) mass is 387 g/mol. The highest BCUT2D eigenvalue weighted by Crippen LogP contribution is 2.27. The number of fused-ring (bicyclic) bond motifs is 1. The fraction of sp³-hybridized carbons (Fsp3) is 0.400. The maximum Gasteiger partial charge on any atom is 0.270 e. The Kier molecular flexibility index (Phi) is 4.93. The van der Waals surface area contributed by atoms with E-state index in [4.69, 9.17) is 16.3 Å².